The minimum absolute atomic E-state index is 0.0693. The lowest BCUT2D eigenvalue weighted by molar-refractivity contribution is 0.0748. The summed E-state index contributed by atoms with van der Waals surface area (Å²) < 4.78 is 0. The van der Waals surface area contributed by atoms with Gasteiger partial charge in [0.2, 0.25) is 0 Å². The molecule has 29 heavy (non-hydrogen) atoms. The summed E-state index contributed by atoms with van der Waals surface area (Å²) in [4.78, 5) is 33.1. The van der Waals surface area contributed by atoms with E-state index < -0.39 is 0 Å². The van der Waals surface area contributed by atoms with Crippen LogP contribution in [0.5, 0.6) is 0 Å². The Balaban J connectivity index is 1.37. The number of nitrogens with zero attached hydrogens (tertiary/aromatic N) is 5. The number of aromatic nitrogens is 3. The van der Waals surface area contributed by atoms with Gasteiger partial charge in [0, 0.05) is 42.6 Å². The molecule has 1 saturated heterocycles. The number of anilines is 1. The maximum absolute atomic E-state index is 13.2. The summed E-state index contributed by atoms with van der Waals surface area (Å²) in [5.74, 6) is 1.05. The third kappa shape index (κ3) is 3.21. The van der Waals surface area contributed by atoms with E-state index in [0.29, 0.717) is 13.1 Å². The third-order valence-corrected chi connectivity index (χ3v) is 6.64. The van der Waals surface area contributed by atoms with E-state index in [0.717, 1.165) is 52.0 Å². The average molecular weight is 404 g/mol. The van der Waals surface area contributed by atoms with Gasteiger partial charge in [-0.1, -0.05) is 25.1 Å². The van der Waals surface area contributed by atoms with E-state index in [1.54, 1.807) is 23.9 Å². The normalized spacial score (nSPS) is 14.7. The Labute approximate surface area is 172 Å². The minimum Gasteiger partial charge on any atom is -0.352 e. The highest BCUT2D eigenvalue weighted by Gasteiger charge is 2.25. The molecule has 0 N–H and O–H groups in total. The molecule has 4 aromatic rings. The van der Waals surface area contributed by atoms with Crippen LogP contribution in [0.1, 0.15) is 22.2 Å². The average Bonchev–Trinajstić information content (AvgIpc) is 3.22. The summed E-state index contributed by atoms with van der Waals surface area (Å²) >= 11 is 1.73. The number of piperazine rings is 1. The SMILES string of the molecule is CCc1cc2c(N3CCN(C(=O)c4ccnc5ccccc45)CC3)ncnc2s1. The fourth-order valence-corrected chi connectivity index (χ4v) is 4.82. The van der Waals surface area contributed by atoms with Gasteiger partial charge in [-0.25, -0.2) is 9.97 Å². The van der Waals surface area contributed by atoms with Crippen LogP contribution in [0.3, 0.4) is 0 Å². The quantitative estimate of drug-likeness (QED) is 0.521. The second kappa shape index (κ2) is 7.40. The van der Waals surface area contributed by atoms with E-state index in [2.05, 4.69) is 32.8 Å². The van der Waals surface area contributed by atoms with Gasteiger partial charge in [-0.05, 0) is 24.6 Å². The monoisotopic (exact) mass is 403 g/mol. The number of pyridine rings is 1. The highest BCUT2D eigenvalue weighted by atomic mass is 32.1. The Kier molecular flexibility index (Phi) is 4.60. The lowest BCUT2D eigenvalue weighted by Gasteiger charge is -2.35. The molecule has 0 saturated carbocycles. The van der Waals surface area contributed by atoms with E-state index in [-0.39, 0.29) is 5.91 Å². The second-order valence-electron chi connectivity index (χ2n) is 7.14. The van der Waals surface area contributed by atoms with E-state index in [1.165, 1.54) is 4.88 Å². The van der Waals surface area contributed by atoms with Crippen molar-refractivity contribution in [2.75, 3.05) is 31.1 Å². The van der Waals surface area contributed by atoms with Gasteiger partial charge in [0.15, 0.2) is 0 Å². The van der Waals surface area contributed by atoms with Crippen LogP contribution in [0, 0.1) is 0 Å². The van der Waals surface area contributed by atoms with Gasteiger partial charge < -0.3 is 9.80 Å². The number of hydrogen-bond acceptors (Lipinski definition) is 6. The van der Waals surface area contributed by atoms with Gasteiger partial charge in [-0.3, -0.25) is 9.78 Å². The van der Waals surface area contributed by atoms with Gasteiger partial charge in [0.1, 0.15) is 17.0 Å². The molecule has 3 aromatic heterocycles. The zero-order chi connectivity index (χ0) is 19.8. The highest BCUT2D eigenvalue weighted by Crippen LogP contribution is 2.31. The number of carbonyl (C=O) groups excluding carboxylic acids is 1. The first-order valence-electron chi connectivity index (χ1n) is 9.86. The fourth-order valence-electron chi connectivity index (χ4n) is 3.89. The lowest BCUT2D eigenvalue weighted by atomic mass is 10.1. The van der Waals surface area contributed by atoms with Crippen LogP contribution in [-0.2, 0) is 6.42 Å². The topological polar surface area (TPSA) is 62.2 Å². The molecule has 0 aliphatic carbocycles. The lowest BCUT2D eigenvalue weighted by Crippen LogP contribution is -2.49. The Morgan fingerprint density at radius 3 is 2.69 bits per heavy atom. The number of fused-ring (bicyclic) bond motifs is 2. The fraction of sp³-hybridized carbons (Fsp3) is 0.273. The largest absolute Gasteiger partial charge is 0.352 e. The molecule has 0 unspecified atom stereocenters. The summed E-state index contributed by atoms with van der Waals surface area (Å²) in [6.45, 7) is 5.03. The van der Waals surface area contributed by atoms with Crippen LogP contribution in [0.4, 0.5) is 5.82 Å². The van der Waals surface area contributed by atoms with Crippen LogP contribution in [0.25, 0.3) is 21.1 Å². The molecule has 1 aliphatic rings. The van der Waals surface area contributed by atoms with Gasteiger partial charge in [0.05, 0.1) is 16.5 Å². The van der Waals surface area contributed by atoms with Crippen LogP contribution in [0.2, 0.25) is 0 Å². The molecule has 0 bridgehead atoms. The maximum Gasteiger partial charge on any atom is 0.254 e. The first-order valence-corrected chi connectivity index (χ1v) is 10.7. The number of aryl methyl sites for hydroxylation is 1. The number of benzene rings is 1. The molecule has 1 aliphatic heterocycles. The van der Waals surface area contributed by atoms with Crippen molar-refractivity contribution in [1.29, 1.82) is 0 Å². The number of para-hydroxylation sites is 1. The number of thiophene rings is 1. The van der Waals surface area contributed by atoms with Gasteiger partial charge in [-0.2, -0.15) is 0 Å². The van der Waals surface area contributed by atoms with E-state index in [9.17, 15) is 4.79 Å². The summed E-state index contributed by atoms with van der Waals surface area (Å²) in [7, 11) is 0. The molecule has 0 spiro atoms. The standard InChI is InChI=1S/C22H21N5OS/c1-2-15-13-18-20(24-14-25-21(18)29-15)26-9-11-27(12-10-26)22(28)17-7-8-23-19-6-4-3-5-16(17)19/h3-8,13-14H,2,9-12H2,1H3. The molecule has 0 radical (unpaired) electrons. The summed E-state index contributed by atoms with van der Waals surface area (Å²) in [6.07, 6.45) is 4.36. The van der Waals surface area contributed by atoms with Crippen molar-refractivity contribution >= 4 is 44.2 Å². The van der Waals surface area contributed by atoms with Crippen molar-refractivity contribution in [3.8, 4) is 0 Å². The van der Waals surface area contributed by atoms with Crippen LogP contribution >= 0.6 is 11.3 Å². The first-order chi connectivity index (χ1) is 14.2. The molecular weight excluding hydrogens is 382 g/mol. The molecule has 146 valence electrons. The number of rotatable bonds is 3. The van der Waals surface area contributed by atoms with Gasteiger partial charge in [0.25, 0.3) is 5.91 Å². The van der Waals surface area contributed by atoms with Gasteiger partial charge >= 0.3 is 0 Å². The third-order valence-electron chi connectivity index (χ3n) is 5.45. The number of hydrogen-bond donors (Lipinski definition) is 0. The van der Waals surface area contributed by atoms with E-state index in [4.69, 9.17) is 0 Å². The summed E-state index contributed by atoms with van der Waals surface area (Å²) in [6, 6.07) is 11.8. The number of carbonyl (C=O) groups is 1. The molecule has 4 heterocycles. The Hall–Kier alpha value is -3.06. The predicted octanol–water partition coefficient (Wildman–Crippen LogP) is 3.76. The van der Waals surface area contributed by atoms with Crippen molar-refractivity contribution in [2.45, 2.75) is 13.3 Å². The molecule has 1 fully saturated rings. The number of amides is 1. The molecule has 0 atom stereocenters. The molecule has 7 heteroatoms. The van der Waals surface area contributed by atoms with Crippen molar-refractivity contribution < 1.29 is 4.79 Å². The molecule has 1 aromatic carbocycles. The Bertz CT molecular complexity index is 1190. The van der Waals surface area contributed by atoms with Crippen LogP contribution in [0.15, 0.2) is 48.9 Å². The smallest absolute Gasteiger partial charge is 0.254 e. The van der Waals surface area contributed by atoms with Crippen LogP contribution < -0.4 is 4.90 Å². The second-order valence-corrected chi connectivity index (χ2v) is 8.25. The molecule has 5 rings (SSSR count). The Morgan fingerprint density at radius 2 is 1.86 bits per heavy atom. The van der Waals surface area contributed by atoms with Crippen molar-refractivity contribution in [3.63, 3.8) is 0 Å². The molecule has 6 nitrogen and oxygen atoms in total. The minimum atomic E-state index is 0.0693. The van der Waals surface area contributed by atoms with Crippen molar-refractivity contribution in [2.24, 2.45) is 0 Å². The summed E-state index contributed by atoms with van der Waals surface area (Å²) in [5, 5.41) is 2.03. The highest BCUT2D eigenvalue weighted by molar-refractivity contribution is 7.18. The van der Waals surface area contributed by atoms with E-state index >= 15 is 0 Å². The molecular formula is C22H21N5OS. The zero-order valence-electron chi connectivity index (χ0n) is 16.2. The zero-order valence-corrected chi connectivity index (χ0v) is 17.0. The maximum atomic E-state index is 13.2. The summed E-state index contributed by atoms with van der Waals surface area (Å²) in [5.41, 5.74) is 1.57. The van der Waals surface area contributed by atoms with Gasteiger partial charge in [-0.15, -0.1) is 11.3 Å². The van der Waals surface area contributed by atoms with Crippen LogP contribution in [-0.4, -0.2) is 51.9 Å². The van der Waals surface area contributed by atoms with Crippen molar-refractivity contribution in [3.05, 3.63) is 59.4 Å². The first kappa shape index (κ1) is 18.0. The predicted molar refractivity (Wildman–Crippen MR) is 117 cm³/mol. The van der Waals surface area contributed by atoms with E-state index in [1.807, 2.05) is 35.2 Å². The van der Waals surface area contributed by atoms with Crippen molar-refractivity contribution in [1.82, 2.24) is 19.9 Å². The Morgan fingerprint density at radius 1 is 1.03 bits per heavy atom. The molecule has 1 amide bonds.